The van der Waals surface area contributed by atoms with Gasteiger partial charge < -0.3 is 10.6 Å². The average Bonchev–Trinajstić information content (AvgIpc) is 2.40. The summed E-state index contributed by atoms with van der Waals surface area (Å²) in [6.45, 7) is 0.483. The van der Waals surface area contributed by atoms with Crippen LogP contribution in [0.15, 0.2) is 54.6 Å². The smallest absolute Gasteiger partial charge is 0.319 e. The molecule has 0 aliphatic rings. The molecular formula is C14H13ClN2O. The third kappa shape index (κ3) is 3.50. The number of rotatable bonds is 3. The maximum atomic E-state index is 11.7. The van der Waals surface area contributed by atoms with Gasteiger partial charge in [0, 0.05) is 6.54 Å². The maximum absolute atomic E-state index is 11.7. The largest absolute Gasteiger partial charge is 0.334 e. The van der Waals surface area contributed by atoms with Gasteiger partial charge in [-0.15, -0.1) is 0 Å². The van der Waals surface area contributed by atoms with Gasteiger partial charge in [0.05, 0.1) is 10.7 Å². The van der Waals surface area contributed by atoms with Gasteiger partial charge in [-0.2, -0.15) is 0 Å². The van der Waals surface area contributed by atoms with Crippen LogP contribution in [0.5, 0.6) is 0 Å². The first-order chi connectivity index (χ1) is 8.75. The fourth-order valence-electron chi connectivity index (χ4n) is 1.51. The first-order valence-corrected chi connectivity index (χ1v) is 5.97. The number of carbonyl (C=O) groups excluding carboxylic acids is 1. The van der Waals surface area contributed by atoms with Crippen molar-refractivity contribution in [2.75, 3.05) is 5.32 Å². The summed E-state index contributed by atoms with van der Waals surface area (Å²) in [5, 5.41) is 5.99. The molecule has 0 spiro atoms. The number of carbonyl (C=O) groups is 1. The van der Waals surface area contributed by atoms with Crippen LogP contribution < -0.4 is 10.6 Å². The highest BCUT2D eigenvalue weighted by Gasteiger charge is 2.04. The number of anilines is 1. The molecule has 0 aliphatic carbocycles. The quantitative estimate of drug-likeness (QED) is 0.869. The van der Waals surface area contributed by atoms with E-state index in [2.05, 4.69) is 10.6 Å². The molecule has 2 N–H and O–H groups in total. The fourth-order valence-corrected chi connectivity index (χ4v) is 1.69. The molecule has 0 atom stereocenters. The number of hydrogen-bond donors (Lipinski definition) is 2. The first kappa shape index (κ1) is 12.5. The zero-order chi connectivity index (χ0) is 12.8. The molecule has 3 nitrogen and oxygen atoms in total. The highest BCUT2D eigenvalue weighted by molar-refractivity contribution is 6.33. The Hall–Kier alpha value is -2.00. The number of nitrogens with one attached hydrogen (secondary N) is 2. The Labute approximate surface area is 111 Å². The Morgan fingerprint density at radius 3 is 2.39 bits per heavy atom. The van der Waals surface area contributed by atoms with Crippen LogP contribution in [-0.2, 0) is 6.54 Å². The molecular weight excluding hydrogens is 248 g/mol. The molecule has 4 heteroatoms. The Bertz CT molecular complexity index is 528. The van der Waals surface area contributed by atoms with Gasteiger partial charge in [-0.05, 0) is 17.7 Å². The van der Waals surface area contributed by atoms with E-state index in [4.69, 9.17) is 11.6 Å². The Kier molecular flexibility index (Phi) is 4.20. The van der Waals surface area contributed by atoms with Crippen LogP contribution in [0.1, 0.15) is 5.56 Å². The van der Waals surface area contributed by atoms with Crippen LogP contribution in [0.3, 0.4) is 0 Å². The zero-order valence-electron chi connectivity index (χ0n) is 9.69. The minimum Gasteiger partial charge on any atom is -0.334 e. The molecule has 2 aromatic carbocycles. The summed E-state index contributed by atoms with van der Waals surface area (Å²) in [6, 6.07) is 16.6. The van der Waals surface area contributed by atoms with Crippen molar-refractivity contribution in [2.45, 2.75) is 6.54 Å². The first-order valence-electron chi connectivity index (χ1n) is 5.59. The van der Waals surface area contributed by atoms with Crippen molar-refractivity contribution < 1.29 is 4.79 Å². The van der Waals surface area contributed by atoms with E-state index in [-0.39, 0.29) is 6.03 Å². The van der Waals surface area contributed by atoms with Gasteiger partial charge >= 0.3 is 6.03 Å². The van der Waals surface area contributed by atoms with E-state index in [9.17, 15) is 4.79 Å². The predicted octanol–water partition coefficient (Wildman–Crippen LogP) is 3.66. The molecule has 0 aromatic heterocycles. The van der Waals surface area contributed by atoms with Crippen molar-refractivity contribution in [1.82, 2.24) is 5.32 Å². The number of urea groups is 1. The van der Waals surface area contributed by atoms with Crippen molar-refractivity contribution in [3.8, 4) is 0 Å². The molecule has 0 unspecified atom stereocenters. The minimum absolute atomic E-state index is 0.271. The van der Waals surface area contributed by atoms with Gasteiger partial charge in [0.25, 0.3) is 0 Å². The van der Waals surface area contributed by atoms with Crippen molar-refractivity contribution >= 4 is 23.3 Å². The second-order valence-corrected chi connectivity index (χ2v) is 4.18. The highest BCUT2D eigenvalue weighted by Crippen LogP contribution is 2.20. The van der Waals surface area contributed by atoms with Crippen molar-refractivity contribution in [2.24, 2.45) is 0 Å². The summed E-state index contributed by atoms with van der Waals surface area (Å²) < 4.78 is 0. The molecule has 0 heterocycles. The van der Waals surface area contributed by atoms with E-state index < -0.39 is 0 Å². The predicted molar refractivity (Wildman–Crippen MR) is 73.8 cm³/mol. The van der Waals surface area contributed by atoms with Crippen molar-refractivity contribution in [3.05, 3.63) is 65.2 Å². The van der Waals surface area contributed by atoms with Gasteiger partial charge in [-0.25, -0.2) is 4.79 Å². The molecule has 0 radical (unpaired) electrons. The van der Waals surface area contributed by atoms with E-state index >= 15 is 0 Å². The summed E-state index contributed by atoms with van der Waals surface area (Å²) in [5.74, 6) is 0. The lowest BCUT2D eigenvalue weighted by atomic mass is 10.2. The summed E-state index contributed by atoms with van der Waals surface area (Å²) in [7, 11) is 0. The van der Waals surface area contributed by atoms with Gasteiger partial charge in [0.2, 0.25) is 0 Å². The van der Waals surface area contributed by atoms with E-state index in [0.29, 0.717) is 17.3 Å². The zero-order valence-corrected chi connectivity index (χ0v) is 10.4. The molecule has 0 bridgehead atoms. The van der Waals surface area contributed by atoms with Gasteiger partial charge in [0.1, 0.15) is 0 Å². The SMILES string of the molecule is O=C(NCc1ccccc1)Nc1ccccc1Cl. The average molecular weight is 261 g/mol. The summed E-state index contributed by atoms with van der Waals surface area (Å²) in [5.41, 5.74) is 1.65. The van der Waals surface area contributed by atoms with Crippen LogP contribution in [0.4, 0.5) is 10.5 Å². The Balaban J connectivity index is 1.88. The molecule has 2 aromatic rings. The highest BCUT2D eigenvalue weighted by atomic mass is 35.5. The number of hydrogen-bond acceptors (Lipinski definition) is 1. The molecule has 2 amide bonds. The molecule has 0 saturated heterocycles. The van der Waals surface area contributed by atoms with Gasteiger partial charge in [-0.1, -0.05) is 54.1 Å². The van der Waals surface area contributed by atoms with E-state index in [1.165, 1.54) is 0 Å². The molecule has 0 saturated carbocycles. The molecule has 92 valence electrons. The summed E-state index contributed by atoms with van der Waals surface area (Å²) in [4.78, 5) is 11.7. The van der Waals surface area contributed by atoms with Crippen LogP contribution in [0, 0.1) is 0 Å². The van der Waals surface area contributed by atoms with Crippen molar-refractivity contribution in [1.29, 1.82) is 0 Å². The summed E-state index contributed by atoms with van der Waals surface area (Å²) in [6.07, 6.45) is 0. The standard InChI is InChI=1S/C14H13ClN2O/c15-12-8-4-5-9-13(12)17-14(18)16-10-11-6-2-1-3-7-11/h1-9H,10H2,(H2,16,17,18). The molecule has 0 aliphatic heterocycles. The number of amides is 2. The summed E-state index contributed by atoms with van der Waals surface area (Å²) >= 11 is 5.94. The third-order valence-electron chi connectivity index (χ3n) is 2.42. The number of benzene rings is 2. The number of halogens is 1. The monoisotopic (exact) mass is 260 g/mol. The lowest BCUT2D eigenvalue weighted by Crippen LogP contribution is -2.28. The topological polar surface area (TPSA) is 41.1 Å². The van der Waals surface area contributed by atoms with Crippen LogP contribution in [-0.4, -0.2) is 6.03 Å². The maximum Gasteiger partial charge on any atom is 0.319 e. The molecule has 2 rings (SSSR count). The fraction of sp³-hybridized carbons (Fsp3) is 0.0714. The number of para-hydroxylation sites is 1. The van der Waals surface area contributed by atoms with Crippen LogP contribution in [0.2, 0.25) is 5.02 Å². The van der Waals surface area contributed by atoms with Crippen LogP contribution in [0.25, 0.3) is 0 Å². The van der Waals surface area contributed by atoms with Crippen LogP contribution >= 0.6 is 11.6 Å². The van der Waals surface area contributed by atoms with E-state index in [1.807, 2.05) is 42.5 Å². The second kappa shape index (κ2) is 6.07. The Morgan fingerprint density at radius 2 is 1.67 bits per heavy atom. The lowest BCUT2D eigenvalue weighted by molar-refractivity contribution is 0.251. The third-order valence-corrected chi connectivity index (χ3v) is 2.75. The molecule has 0 fully saturated rings. The Morgan fingerprint density at radius 1 is 1.00 bits per heavy atom. The van der Waals surface area contributed by atoms with E-state index in [0.717, 1.165) is 5.56 Å². The lowest BCUT2D eigenvalue weighted by Gasteiger charge is -2.08. The molecule has 18 heavy (non-hydrogen) atoms. The van der Waals surface area contributed by atoms with Crippen molar-refractivity contribution in [3.63, 3.8) is 0 Å². The normalized spacial score (nSPS) is 9.83. The second-order valence-electron chi connectivity index (χ2n) is 3.77. The van der Waals surface area contributed by atoms with Gasteiger partial charge in [0.15, 0.2) is 0 Å². The van der Waals surface area contributed by atoms with E-state index in [1.54, 1.807) is 12.1 Å². The minimum atomic E-state index is -0.271. The van der Waals surface area contributed by atoms with Gasteiger partial charge in [-0.3, -0.25) is 0 Å².